The SMILES string of the molecule is CC(O)CNCc1cc(Cl)cc(Cl)c1. The van der Waals surface area contributed by atoms with Crippen LogP contribution in [-0.4, -0.2) is 17.8 Å². The highest BCUT2D eigenvalue weighted by atomic mass is 35.5. The lowest BCUT2D eigenvalue weighted by molar-refractivity contribution is 0.191. The Morgan fingerprint density at radius 3 is 2.36 bits per heavy atom. The summed E-state index contributed by atoms with van der Waals surface area (Å²) in [6, 6.07) is 5.40. The molecule has 0 heterocycles. The second-order valence-corrected chi connectivity index (χ2v) is 4.13. The van der Waals surface area contributed by atoms with Crippen LogP contribution in [0.5, 0.6) is 0 Å². The summed E-state index contributed by atoms with van der Waals surface area (Å²) in [5.41, 5.74) is 1.02. The van der Waals surface area contributed by atoms with E-state index in [1.54, 1.807) is 13.0 Å². The number of aliphatic hydroxyl groups is 1. The van der Waals surface area contributed by atoms with E-state index in [1.807, 2.05) is 12.1 Å². The van der Waals surface area contributed by atoms with Crippen LogP contribution in [0.2, 0.25) is 10.0 Å². The van der Waals surface area contributed by atoms with E-state index in [4.69, 9.17) is 28.3 Å². The minimum atomic E-state index is -0.343. The Morgan fingerprint density at radius 2 is 1.86 bits per heavy atom. The van der Waals surface area contributed by atoms with Gasteiger partial charge in [0.2, 0.25) is 0 Å². The number of hydrogen-bond donors (Lipinski definition) is 2. The van der Waals surface area contributed by atoms with Crippen molar-refractivity contribution in [2.75, 3.05) is 6.54 Å². The molecule has 0 spiro atoms. The zero-order chi connectivity index (χ0) is 10.6. The first-order chi connectivity index (χ1) is 6.58. The Bertz CT molecular complexity index is 282. The molecule has 14 heavy (non-hydrogen) atoms. The van der Waals surface area contributed by atoms with Gasteiger partial charge in [-0.05, 0) is 30.7 Å². The zero-order valence-electron chi connectivity index (χ0n) is 7.93. The summed E-state index contributed by atoms with van der Waals surface area (Å²) in [5.74, 6) is 0. The predicted octanol–water partition coefficient (Wildman–Crippen LogP) is 2.46. The van der Waals surface area contributed by atoms with Crippen LogP contribution in [-0.2, 0) is 6.54 Å². The summed E-state index contributed by atoms with van der Waals surface area (Å²) >= 11 is 11.7. The van der Waals surface area contributed by atoms with Gasteiger partial charge in [-0.25, -0.2) is 0 Å². The molecule has 78 valence electrons. The van der Waals surface area contributed by atoms with Crippen molar-refractivity contribution in [1.29, 1.82) is 0 Å². The lowest BCUT2D eigenvalue weighted by Crippen LogP contribution is -2.23. The van der Waals surface area contributed by atoms with E-state index in [1.165, 1.54) is 0 Å². The smallest absolute Gasteiger partial charge is 0.0636 e. The van der Waals surface area contributed by atoms with Gasteiger partial charge in [-0.2, -0.15) is 0 Å². The standard InChI is InChI=1S/C10H13Cl2NO/c1-7(14)5-13-6-8-2-9(11)4-10(12)3-8/h2-4,7,13-14H,5-6H2,1H3. The summed E-state index contributed by atoms with van der Waals surface area (Å²) < 4.78 is 0. The molecule has 2 N–H and O–H groups in total. The molecule has 1 atom stereocenters. The van der Waals surface area contributed by atoms with E-state index in [0.717, 1.165) is 5.56 Å². The van der Waals surface area contributed by atoms with Crippen LogP contribution in [0.1, 0.15) is 12.5 Å². The fraction of sp³-hybridized carbons (Fsp3) is 0.400. The highest BCUT2D eigenvalue weighted by molar-refractivity contribution is 6.34. The van der Waals surface area contributed by atoms with Gasteiger partial charge >= 0.3 is 0 Å². The summed E-state index contributed by atoms with van der Waals surface area (Å²) in [4.78, 5) is 0. The quantitative estimate of drug-likeness (QED) is 0.838. The summed E-state index contributed by atoms with van der Waals surface area (Å²) in [6.07, 6.45) is -0.343. The van der Waals surface area contributed by atoms with E-state index in [2.05, 4.69) is 5.32 Å². The largest absolute Gasteiger partial charge is 0.392 e. The van der Waals surface area contributed by atoms with E-state index < -0.39 is 0 Å². The molecule has 0 fully saturated rings. The van der Waals surface area contributed by atoms with E-state index in [-0.39, 0.29) is 6.10 Å². The van der Waals surface area contributed by atoms with Gasteiger partial charge in [0.05, 0.1) is 6.10 Å². The van der Waals surface area contributed by atoms with Crippen molar-refractivity contribution >= 4 is 23.2 Å². The van der Waals surface area contributed by atoms with Crippen molar-refractivity contribution in [3.05, 3.63) is 33.8 Å². The summed E-state index contributed by atoms with van der Waals surface area (Å²) in [5, 5.41) is 13.4. The molecule has 1 aromatic rings. The third kappa shape index (κ3) is 4.29. The van der Waals surface area contributed by atoms with Crippen molar-refractivity contribution < 1.29 is 5.11 Å². The number of rotatable bonds is 4. The molecule has 0 aliphatic carbocycles. The maximum atomic E-state index is 9.02. The third-order valence-corrected chi connectivity index (χ3v) is 2.13. The number of hydrogen-bond acceptors (Lipinski definition) is 2. The van der Waals surface area contributed by atoms with E-state index in [0.29, 0.717) is 23.1 Å². The van der Waals surface area contributed by atoms with Gasteiger partial charge in [-0.3, -0.25) is 0 Å². The molecule has 2 nitrogen and oxygen atoms in total. The molecule has 0 radical (unpaired) electrons. The summed E-state index contributed by atoms with van der Waals surface area (Å²) in [7, 11) is 0. The molecule has 0 aliphatic rings. The minimum absolute atomic E-state index is 0.343. The Labute approximate surface area is 93.8 Å². The predicted molar refractivity (Wildman–Crippen MR) is 59.8 cm³/mol. The number of benzene rings is 1. The molecule has 0 amide bonds. The van der Waals surface area contributed by atoms with E-state index >= 15 is 0 Å². The molecule has 0 aliphatic heterocycles. The monoisotopic (exact) mass is 233 g/mol. The van der Waals surface area contributed by atoms with Gasteiger partial charge < -0.3 is 10.4 Å². The third-order valence-electron chi connectivity index (χ3n) is 1.69. The maximum Gasteiger partial charge on any atom is 0.0636 e. The topological polar surface area (TPSA) is 32.3 Å². The Balaban J connectivity index is 2.50. The highest BCUT2D eigenvalue weighted by Crippen LogP contribution is 2.18. The van der Waals surface area contributed by atoms with Crippen LogP contribution in [0.3, 0.4) is 0 Å². The van der Waals surface area contributed by atoms with Crippen molar-refractivity contribution in [3.63, 3.8) is 0 Å². The normalized spacial score (nSPS) is 12.9. The second kappa shape index (κ2) is 5.56. The molecule has 1 rings (SSSR count). The van der Waals surface area contributed by atoms with Crippen LogP contribution in [0.15, 0.2) is 18.2 Å². The molecule has 1 aromatic carbocycles. The molecular weight excluding hydrogens is 221 g/mol. The van der Waals surface area contributed by atoms with Gasteiger partial charge in [-0.1, -0.05) is 23.2 Å². The van der Waals surface area contributed by atoms with Crippen LogP contribution in [0.4, 0.5) is 0 Å². The number of halogens is 2. The molecular formula is C10H13Cl2NO. The number of nitrogens with one attached hydrogen (secondary N) is 1. The zero-order valence-corrected chi connectivity index (χ0v) is 9.44. The minimum Gasteiger partial charge on any atom is -0.392 e. The van der Waals surface area contributed by atoms with Crippen molar-refractivity contribution in [3.8, 4) is 0 Å². The molecule has 0 saturated carbocycles. The first kappa shape index (κ1) is 11.8. The lowest BCUT2D eigenvalue weighted by Gasteiger charge is -2.07. The Hall–Kier alpha value is -0.280. The van der Waals surface area contributed by atoms with Crippen molar-refractivity contribution in [2.24, 2.45) is 0 Å². The van der Waals surface area contributed by atoms with Crippen LogP contribution < -0.4 is 5.32 Å². The van der Waals surface area contributed by atoms with Gasteiger partial charge in [0, 0.05) is 23.1 Å². The fourth-order valence-electron chi connectivity index (χ4n) is 1.14. The fourth-order valence-corrected chi connectivity index (χ4v) is 1.71. The van der Waals surface area contributed by atoms with Crippen LogP contribution >= 0.6 is 23.2 Å². The molecule has 0 aromatic heterocycles. The first-order valence-electron chi connectivity index (χ1n) is 4.41. The molecule has 0 bridgehead atoms. The van der Waals surface area contributed by atoms with Crippen molar-refractivity contribution in [2.45, 2.75) is 19.6 Å². The second-order valence-electron chi connectivity index (χ2n) is 3.26. The summed E-state index contributed by atoms with van der Waals surface area (Å²) in [6.45, 7) is 2.95. The van der Waals surface area contributed by atoms with Gasteiger partial charge in [0.25, 0.3) is 0 Å². The van der Waals surface area contributed by atoms with Crippen LogP contribution in [0, 0.1) is 0 Å². The number of aliphatic hydroxyl groups excluding tert-OH is 1. The lowest BCUT2D eigenvalue weighted by atomic mass is 10.2. The van der Waals surface area contributed by atoms with E-state index in [9.17, 15) is 0 Å². The average Bonchev–Trinajstić information content (AvgIpc) is 2.01. The van der Waals surface area contributed by atoms with Crippen LogP contribution in [0.25, 0.3) is 0 Å². The van der Waals surface area contributed by atoms with Gasteiger partial charge in [0.1, 0.15) is 0 Å². The molecule has 0 saturated heterocycles. The first-order valence-corrected chi connectivity index (χ1v) is 5.17. The average molecular weight is 234 g/mol. The Kier molecular flexibility index (Phi) is 4.69. The van der Waals surface area contributed by atoms with Gasteiger partial charge in [0.15, 0.2) is 0 Å². The highest BCUT2D eigenvalue weighted by Gasteiger charge is 1.99. The molecule has 1 unspecified atom stereocenters. The Morgan fingerprint density at radius 1 is 1.29 bits per heavy atom. The van der Waals surface area contributed by atoms with Crippen molar-refractivity contribution in [1.82, 2.24) is 5.32 Å². The van der Waals surface area contributed by atoms with Gasteiger partial charge in [-0.15, -0.1) is 0 Å². The molecule has 4 heteroatoms. The maximum absolute atomic E-state index is 9.02.